The van der Waals surface area contributed by atoms with Gasteiger partial charge in [-0.05, 0) is 24.6 Å². The van der Waals surface area contributed by atoms with Crippen molar-refractivity contribution >= 4 is 11.9 Å². The molecule has 0 unspecified atom stereocenters. The molecule has 6 heteroatoms. The summed E-state index contributed by atoms with van der Waals surface area (Å²) in [6.45, 7) is 2.29. The normalized spacial score (nSPS) is 34.5. The van der Waals surface area contributed by atoms with Crippen LogP contribution in [0.25, 0.3) is 0 Å². The first kappa shape index (κ1) is 15.2. The Morgan fingerprint density at radius 2 is 2.12 bits per heavy atom. The van der Waals surface area contributed by atoms with E-state index in [2.05, 4.69) is 0 Å². The maximum absolute atomic E-state index is 12.9. The van der Waals surface area contributed by atoms with E-state index in [0.29, 0.717) is 6.54 Å². The third kappa shape index (κ3) is 1.92. The lowest BCUT2D eigenvalue weighted by atomic mass is 9.77. The first-order valence-corrected chi connectivity index (χ1v) is 7.99. The van der Waals surface area contributed by atoms with Crippen molar-refractivity contribution in [1.29, 1.82) is 0 Å². The minimum absolute atomic E-state index is 0.179. The van der Waals surface area contributed by atoms with Crippen LogP contribution in [0.5, 0.6) is 5.75 Å². The van der Waals surface area contributed by atoms with Gasteiger partial charge in [0.2, 0.25) is 5.91 Å². The summed E-state index contributed by atoms with van der Waals surface area (Å²) in [5, 5.41) is 11.5. The topological polar surface area (TPSA) is 78.9 Å². The van der Waals surface area contributed by atoms with Crippen LogP contribution in [-0.2, 0) is 14.3 Å². The molecule has 0 aliphatic carbocycles. The molecule has 1 amide bonds. The van der Waals surface area contributed by atoms with E-state index in [4.69, 9.17) is 9.47 Å². The van der Waals surface area contributed by atoms with Crippen LogP contribution in [0.3, 0.4) is 0 Å². The first-order chi connectivity index (χ1) is 11.5. The number of fused-ring (bicyclic) bond motifs is 1. The predicted octanol–water partition coefficient (Wildman–Crippen LogP) is 0.288. The number of hydrogen-bond acceptors (Lipinski definition) is 5. The second-order valence-electron chi connectivity index (χ2n) is 6.63. The number of carbonyl (C=O) groups excluding carboxylic acids is 2. The minimum atomic E-state index is -1.22. The lowest BCUT2D eigenvalue weighted by molar-refractivity contribution is -0.313. The standard InChI is InChI=1S/C18H19NO5/c1-10(11-3-5-12(23-2)6-4-11)19-9-18-8-7-13(24-18)14(17(21)22)15(18)16(19)20/h3-8,10,13-15H,9H2,1-2H3,(H,21,22)/p-1/t10-,13+,14+,15+,18-/m1/s1. The summed E-state index contributed by atoms with van der Waals surface area (Å²) in [6, 6.07) is 7.33. The summed E-state index contributed by atoms with van der Waals surface area (Å²) in [6.07, 6.45) is 3.04. The van der Waals surface area contributed by atoms with Gasteiger partial charge < -0.3 is 24.3 Å². The highest BCUT2D eigenvalue weighted by molar-refractivity contribution is 5.90. The van der Waals surface area contributed by atoms with Crippen molar-refractivity contribution < 1.29 is 24.2 Å². The molecule has 5 atom stereocenters. The molecule has 3 aliphatic rings. The van der Waals surface area contributed by atoms with Crippen LogP contribution in [-0.4, -0.2) is 42.1 Å². The fourth-order valence-electron chi connectivity index (χ4n) is 4.19. The van der Waals surface area contributed by atoms with Crippen LogP contribution in [0, 0.1) is 11.8 Å². The molecule has 126 valence electrons. The monoisotopic (exact) mass is 328 g/mol. The Morgan fingerprint density at radius 3 is 2.75 bits per heavy atom. The number of nitrogens with zero attached hydrogens (tertiary/aromatic N) is 1. The van der Waals surface area contributed by atoms with E-state index in [1.807, 2.05) is 37.3 Å². The molecule has 0 N–H and O–H groups in total. The van der Waals surface area contributed by atoms with Crippen molar-refractivity contribution in [3.8, 4) is 5.75 Å². The van der Waals surface area contributed by atoms with Crippen molar-refractivity contribution in [2.24, 2.45) is 11.8 Å². The Labute approximate surface area is 139 Å². The van der Waals surface area contributed by atoms with Crippen LogP contribution in [0.15, 0.2) is 36.4 Å². The van der Waals surface area contributed by atoms with E-state index in [9.17, 15) is 14.7 Å². The predicted molar refractivity (Wildman–Crippen MR) is 81.9 cm³/mol. The number of benzene rings is 1. The second-order valence-corrected chi connectivity index (χ2v) is 6.63. The number of ether oxygens (including phenoxy) is 2. The van der Waals surface area contributed by atoms with Crippen LogP contribution >= 0.6 is 0 Å². The van der Waals surface area contributed by atoms with Crippen LogP contribution in [0.1, 0.15) is 18.5 Å². The number of aliphatic carboxylic acids is 1. The molecular weight excluding hydrogens is 310 g/mol. The molecule has 4 rings (SSSR count). The number of hydrogen-bond donors (Lipinski definition) is 0. The van der Waals surface area contributed by atoms with Gasteiger partial charge >= 0.3 is 0 Å². The maximum atomic E-state index is 12.9. The smallest absolute Gasteiger partial charge is 0.230 e. The van der Waals surface area contributed by atoms with E-state index >= 15 is 0 Å². The number of carbonyl (C=O) groups is 2. The largest absolute Gasteiger partial charge is 0.550 e. The molecule has 3 heterocycles. The summed E-state index contributed by atoms with van der Waals surface area (Å²) < 4.78 is 11.0. The highest BCUT2D eigenvalue weighted by atomic mass is 16.5. The van der Waals surface area contributed by atoms with Gasteiger partial charge in [0, 0.05) is 11.9 Å². The molecule has 2 fully saturated rings. The minimum Gasteiger partial charge on any atom is -0.550 e. The zero-order valence-electron chi connectivity index (χ0n) is 13.5. The van der Waals surface area contributed by atoms with Gasteiger partial charge in [0.05, 0.1) is 31.7 Å². The molecule has 1 spiro atoms. The van der Waals surface area contributed by atoms with Gasteiger partial charge in [-0.1, -0.05) is 24.3 Å². The van der Waals surface area contributed by atoms with Gasteiger partial charge in [0.15, 0.2) is 0 Å². The third-order valence-electron chi connectivity index (χ3n) is 5.47. The maximum Gasteiger partial charge on any atom is 0.230 e. The Balaban J connectivity index is 1.63. The van der Waals surface area contributed by atoms with E-state index in [0.717, 1.165) is 11.3 Å². The quantitative estimate of drug-likeness (QED) is 0.742. The van der Waals surface area contributed by atoms with Crippen LogP contribution in [0.4, 0.5) is 0 Å². The Hall–Kier alpha value is -2.34. The van der Waals surface area contributed by atoms with Crippen molar-refractivity contribution in [2.75, 3.05) is 13.7 Å². The molecule has 24 heavy (non-hydrogen) atoms. The van der Waals surface area contributed by atoms with E-state index in [-0.39, 0.29) is 11.9 Å². The Morgan fingerprint density at radius 1 is 1.42 bits per heavy atom. The van der Waals surface area contributed by atoms with E-state index in [1.54, 1.807) is 18.1 Å². The number of amides is 1. The first-order valence-electron chi connectivity index (χ1n) is 7.99. The van der Waals surface area contributed by atoms with Gasteiger partial charge in [0.25, 0.3) is 0 Å². The summed E-state index contributed by atoms with van der Waals surface area (Å²) in [5.74, 6) is -2.26. The molecule has 2 bridgehead atoms. The summed E-state index contributed by atoms with van der Waals surface area (Å²) >= 11 is 0. The SMILES string of the molecule is COc1ccc([C@@H](C)N2C[C@@]34C=C[C@H](O3)[C@H](C(=O)[O-])[C@H]4C2=O)cc1. The Bertz CT molecular complexity index is 727. The average Bonchev–Trinajstić information content (AvgIpc) is 3.22. The lowest BCUT2D eigenvalue weighted by Crippen LogP contribution is -2.45. The molecule has 1 aromatic carbocycles. The van der Waals surface area contributed by atoms with E-state index in [1.165, 1.54) is 0 Å². The fraction of sp³-hybridized carbons (Fsp3) is 0.444. The summed E-state index contributed by atoms with van der Waals surface area (Å²) in [7, 11) is 1.60. The number of rotatable bonds is 4. The molecule has 0 saturated carbocycles. The van der Waals surface area contributed by atoms with Gasteiger partial charge in [-0.25, -0.2) is 0 Å². The zero-order chi connectivity index (χ0) is 17.1. The molecule has 6 nitrogen and oxygen atoms in total. The van der Waals surface area contributed by atoms with Gasteiger partial charge in [-0.2, -0.15) is 0 Å². The van der Waals surface area contributed by atoms with Gasteiger partial charge in [-0.15, -0.1) is 0 Å². The molecule has 0 radical (unpaired) electrons. The highest BCUT2D eigenvalue weighted by Gasteiger charge is 2.65. The Kier molecular flexibility index (Phi) is 3.22. The number of methoxy groups -OCH3 is 1. The van der Waals surface area contributed by atoms with Crippen molar-refractivity contribution in [3.63, 3.8) is 0 Å². The average molecular weight is 328 g/mol. The molecule has 1 aromatic rings. The van der Waals surface area contributed by atoms with E-state index < -0.39 is 29.5 Å². The third-order valence-corrected chi connectivity index (χ3v) is 5.47. The van der Waals surface area contributed by atoms with Crippen molar-refractivity contribution in [2.45, 2.75) is 24.7 Å². The molecule has 3 aliphatic heterocycles. The second kappa shape index (κ2) is 5.08. The van der Waals surface area contributed by atoms with Crippen LogP contribution in [0.2, 0.25) is 0 Å². The molecular formula is C18H18NO5-. The van der Waals surface area contributed by atoms with Gasteiger partial charge in [-0.3, -0.25) is 4.79 Å². The lowest BCUT2D eigenvalue weighted by Gasteiger charge is -2.28. The molecule has 2 saturated heterocycles. The van der Waals surface area contributed by atoms with Crippen molar-refractivity contribution in [1.82, 2.24) is 4.90 Å². The zero-order valence-corrected chi connectivity index (χ0v) is 13.5. The summed E-state index contributed by atoms with van der Waals surface area (Å²) in [5.41, 5.74) is 0.136. The number of carboxylic acid groups (broad SMARTS) is 1. The number of likely N-dealkylation sites (tertiary alicyclic amines) is 1. The highest BCUT2D eigenvalue weighted by Crippen LogP contribution is 2.53. The fourth-order valence-corrected chi connectivity index (χ4v) is 4.19. The number of carboxylic acids is 1. The van der Waals surface area contributed by atoms with Crippen molar-refractivity contribution in [3.05, 3.63) is 42.0 Å². The summed E-state index contributed by atoms with van der Waals surface area (Å²) in [4.78, 5) is 26.1. The molecule has 0 aromatic heterocycles. The van der Waals surface area contributed by atoms with Crippen LogP contribution < -0.4 is 9.84 Å². The van der Waals surface area contributed by atoms with Gasteiger partial charge in [0.1, 0.15) is 11.4 Å².